The highest BCUT2D eigenvalue weighted by Crippen LogP contribution is 2.29. The van der Waals surface area contributed by atoms with E-state index in [0.29, 0.717) is 22.4 Å². The number of nitrogens with one attached hydrogen (secondary N) is 1. The maximum Gasteiger partial charge on any atom is 0.215 e. The Morgan fingerprint density at radius 2 is 1.74 bits per heavy atom. The molecule has 0 aliphatic heterocycles. The number of benzene rings is 3. The third-order valence-corrected chi connectivity index (χ3v) is 6.46. The Balaban J connectivity index is 1.92. The monoisotopic (exact) mass is 464 g/mol. The van der Waals surface area contributed by atoms with E-state index in [9.17, 15) is 22.0 Å². The SMILES string of the molecule is Cc1ccc(C(C)S(N)(=O)=O)cc1C(=O)c1ccc(Nc2ccc(F)cc2F)cc1Cl. The van der Waals surface area contributed by atoms with Crippen LogP contribution in [0.4, 0.5) is 20.2 Å². The van der Waals surface area contributed by atoms with Crippen LogP contribution >= 0.6 is 11.6 Å². The lowest BCUT2D eigenvalue weighted by Gasteiger charge is -2.14. The minimum Gasteiger partial charge on any atom is -0.353 e. The van der Waals surface area contributed by atoms with Crippen LogP contribution in [0.15, 0.2) is 54.6 Å². The van der Waals surface area contributed by atoms with Gasteiger partial charge in [-0.2, -0.15) is 0 Å². The van der Waals surface area contributed by atoms with Gasteiger partial charge in [-0.05, 0) is 61.4 Å². The van der Waals surface area contributed by atoms with E-state index in [1.807, 2.05) is 0 Å². The Morgan fingerprint density at radius 3 is 2.35 bits per heavy atom. The van der Waals surface area contributed by atoms with Crippen molar-refractivity contribution in [2.75, 3.05) is 5.32 Å². The second-order valence-electron chi connectivity index (χ2n) is 7.08. The van der Waals surface area contributed by atoms with Gasteiger partial charge in [-0.25, -0.2) is 22.3 Å². The van der Waals surface area contributed by atoms with Gasteiger partial charge in [-0.1, -0.05) is 23.7 Å². The van der Waals surface area contributed by atoms with E-state index in [2.05, 4.69) is 5.32 Å². The first kappa shape index (κ1) is 22.9. The van der Waals surface area contributed by atoms with Gasteiger partial charge in [-0.15, -0.1) is 0 Å². The van der Waals surface area contributed by atoms with Gasteiger partial charge in [0.25, 0.3) is 0 Å². The number of primary sulfonamides is 1. The smallest absolute Gasteiger partial charge is 0.215 e. The van der Waals surface area contributed by atoms with Crippen LogP contribution in [0.1, 0.15) is 39.2 Å². The summed E-state index contributed by atoms with van der Waals surface area (Å²) in [7, 11) is -3.83. The number of rotatable bonds is 6. The molecule has 0 spiro atoms. The lowest BCUT2D eigenvalue weighted by Crippen LogP contribution is -2.19. The average molecular weight is 465 g/mol. The number of carbonyl (C=O) groups is 1. The van der Waals surface area contributed by atoms with Crippen molar-refractivity contribution in [3.63, 3.8) is 0 Å². The van der Waals surface area contributed by atoms with Crippen molar-refractivity contribution in [3.8, 4) is 0 Å². The molecule has 0 aromatic heterocycles. The summed E-state index contributed by atoms with van der Waals surface area (Å²) in [5, 5.41) is 7.13. The largest absolute Gasteiger partial charge is 0.353 e. The summed E-state index contributed by atoms with van der Waals surface area (Å²) in [6.45, 7) is 3.16. The maximum atomic E-state index is 13.9. The van der Waals surface area contributed by atoms with Crippen LogP contribution < -0.4 is 10.5 Å². The molecule has 0 bridgehead atoms. The molecule has 162 valence electrons. The van der Waals surface area contributed by atoms with Crippen molar-refractivity contribution in [2.24, 2.45) is 5.14 Å². The zero-order valence-electron chi connectivity index (χ0n) is 16.6. The molecule has 0 amide bonds. The molecular formula is C22H19ClF2N2O3S. The maximum absolute atomic E-state index is 13.9. The van der Waals surface area contributed by atoms with Crippen molar-refractivity contribution in [3.05, 3.63) is 93.5 Å². The van der Waals surface area contributed by atoms with Gasteiger partial charge >= 0.3 is 0 Å². The van der Waals surface area contributed by atoms with Gasteiger partial charge in [0.15, 0.2) is 5.78 Å². The van der Waals surface area contributed by atoms with Crippen LogP contribution in [0, 0.1) is 18.6 Å². The van der Waals surface area contributed by atoms with E-state index in [1.165, 1.54) is 37.3 Å². The second-order valence-corrected chi connectivity index (χ2v) is 9.37. The number of halogens is 3. The summed E-state index contributed by atoms with van der Waals surface area (Å²) < 4.78 is 50.3. The molecule has 0 saturated heterocycles. The van der Waals surface area contributed by atoms with E-state index in [4.69, 9.17) is 16.7 Å². The molecule has 1 unspecified atom stereocenters. The molecule has 3 aromatic carbocycles. The van der Waals surface area contributed by atoms with E-state index in [0.717, 1.165) is 12.1 Å². The molecule has 0 aliphatic rings. The van der Waals surface area contributed by atoms with Crippen LogP contribution in [0.25, 0.3) is 0 Å². The minimum absolute atomic E-state index is 0.0528. The van der Waals surface area contributed by atoms with E-state index in [1.54, 1.807) is 19.1 Å². The van der Waals surface area contributed by atoms with Crippen molar-refractivity contribution in [2.45, 2.75) is 19.1 Å². The van der Waals surface area contributed by atoms with Crippen LogP contribution in [-0.2, 0) is 10.0 Å². The lowest BCUT2D eigenvalue weighted by atomic mass is 9.96. The van der Waals surface area contributed by atoms with Crippen molar-refractivity contribution in [1.29, 1.82) is 0 Å². The summed E-state index contributed by atoms with van der Waals surface area (Å²) in [6, 6.07) is 12.3. The Labute approximate surface area is 183 Å². The van der Waals surface area contributed by atoms with E-state index < -0.39 is 32.7 Å². The average Bonchev–Trinajstić information content (AvgIpc) is 2.69. The number of hydrogen-bond donors (Lipinski definition) is 2. The predicted molar refractivity (Wildman–Crippen MR) is 117 cm³/mol. The highest BCUT2D eigenvalue weighted by Gasteiger charge is 2.22. The highest BCUT2D eigenvalue weighted by atomic mass is 35.5. The first-order chi connectivity index (χ1) is 14.5. The number of hydrogen-bond acceptors (Lipinski definition) is 4. The summed E-state index contributed by atoms with van der Waals surface area (Å²) >= 11 is 6.30. The van der Waals surface area contributed by atoms with Gasteiger partial charge in [-0.3, -0.25) is 4.79 Å². The number of ketones is 1. The lowest BCUT2D eigenvalue weighted by molar-refractivity contribution is 0.103. The van der Waals surface area contributed by atoms with Crippen LogP contribution in [0.2, 0.25) is 5.02 Å². The van der Waals surface area contributed by atoms with Crippen molar-refractivity contribution >= 4 is 38.8 Å². The number of sulfonamides is 1. The fraction of sp³-hybridized carbons (Fsp3) is 0.136. The summed E-state index contributed by atoms with van der Waals surface area (Å²) in [5.74, 6) is -1.87. The van der Waals surface area contributed by atoms with Gasteiger partial charge in [0.2, 0.25) is 10.0 Å². The van der Waals surface area contributed by atoms with Gasteiger partial charge in [0.05, 0.1) is 16.0 Å². The Bertz CT molecular complexity index is 1280. The van der Waals surface area contributed by atoms with Gasteiger partial charge in [0, 0.05) is 22.9 Å². The quantitative estimate of drug-likeness (QED) is 0.487. The molecule has 0 aliphatic carbocycles. The molecule has 3 N–H and O–H groups in total. The normalized spacial score (nSPS) is 12.5. The van der Waals surface area contributed by atoms with Gasteiger partial charge < -0.3 is 5.32 Å². The number of aryl methyl sites for hydroxylation is 1. The molecule has 1 atom stereocenters. The summed E-state index contributed by atoms with van der Waals surface area (Å²) in [4.78, 5) is 13.1. The third-order valence-electron chi connectivity index (χ3n) is 4.89. The van der Waals surface area contributed by atoms with E-state index >= 15 is 0 Å². The second kappa shape index (κ2) is 8.74. The number of carbonyl (C=O) groups excluding carboxylic acids is 1. The minimum atomic E-state index is -3.83. The van der Waals surface area contributed by atoms with Gasteiger partial charge in [0.1, 0.15) is 11.6 Å². The molecule has 3 rings (SSSR count). The summed E-state index contributed by atoms with van der Waals surface area (Å²) in [5.41, 5.74) is 1.97. The molecule has 3 aromatic rings. The number of anilines is 2. The number of nitrogens with two attached hydrogens (primary N) is 1. The van der Waals surface area contributed by atoms with E-state index in [-0.39, 0.29) is 16.3 Å². The first-order valence-corrected chi connectivity index (χ1v) is 11.1. The molecule has 5 nitrogen and oxygen atoms in total. The molecule has 0 radical (unpaired) electrons. The molecule has 9 heteroatoms. The summed E-state index contributed by atoms with van der Waals surface area (Å²) in [6.07, 6.45) is 0. The van der Waals surface area contributed by atoms with Crippen LogP contribution in [-0.4, -0.2) is 14.2 Å². The Hall–Kier alpha value is -2.81. The zero-order valence-corrected chi connectivity index (χ0v) is 18.2. The van der Waals surface area contributed by atoms with Crippen molar-refractivity contribution < 1.29 is 22.0 Å². The molecule has 0 heterocycles. The fourth-order valence-corrected chi connectivity index (χ4v) is 3.79. The van der Waals surface area contributed by atoms with Crippen LogP contribution in [0.3, 0.4) is 0 Å². The molecular weight excluding hydrogens is 446 g/mol. The first-order valence-electron chi connectivity index (χ1n) is 9.16. The Morgan fingerprint density at radius 1 is 1.03 bits per heavy atom. The molecule has 0 fully saturated rings. The fourth-order valence-electron chi connectivity index (χ4n) is 3.00. The molecule has 0 saturated carbocycles. The highest BCUT2D eigenvalue weighted by molar-refractivity contribution is 7.89. The predicted octanol–water partition coefficient (Wildman–Crippen LogP) is 5.25. The zero-order chi connectivity index (χ0) is 22.9. The van der Waals surface area contributed by atoms with Crippen LogP contribution in [0.5, 0.6) is 0 Å². The molecule has 31 heavy (non-hydrogen) atoms. The third kappa shape index (κ3) is 5.10. The van der Waals surface area contributed by atoms with Crippen molar-refractivity contribution in [1.82, 2.24) is 0 Å². The standard InChI is InChI=1S/C22H19ClF2N2O3S/c1-12-3-4-14(13(2)31(26,29)30)9-18(12)22(28)17-7-6-16(11-19(17)23)27-21-8-5-15(24)10-20(21)25/h3-11,13,27H,1-2H3,(H2,26,29,30). The topological polar surface area (TPSA) is 89.3 Å². The Kier molecular flexibility index (Phi) is 6.45.